The molecule has 0 aliphatic carbocycles. The number of guanidine groups is 1. The van der Waals surface area contributed by atoms with Crippen LogP contribution in [0.1, 0.15) is 12.5 Å². The highest BCUT2D eigenvalue weighted by atomic mass is 127. The van der Waals surface area contributed by atoms with Crippen molar-refractivity contribution < 1.29 is 19.0 Å². The number of rotatable bonds is 7. The van der Waals surface area contributed by atoms with E-state index in [1.165, 1.54) is 0 Å². The molecule has 2 heterocycles. The minimum atomic E-state index is -0.240. The van der Waals surface area contributed by atoms with Gasteiger partial charge in [-0.2, -0.15) is 0 Å². The number of nitrogens with zero attached hydrogens (tertiary/aromatic N) is 4. The lowest BCUT2D eigenvalue weighted by Gasteiger charge is -2.35. The number of morpholine rings is 1. The average molecular weight is 561 g/mol. The molecule has 1 aromatic rings. The average Bonchev–Trinajstić information content (AvgIpc) is 2.81. The lowest BCUT2D eigenvalue weighted by molar-refractivity contribution is 0.0322. The molecule has 0 bridgehead atoms. The topological polar surface area (TPSA) is 78.9 Å². The van der Waals surface area contributed by atoms with E-state index in [4.69, 9.17) is 14.2 Å². The van der Waals surface area contributed by atoms with Crippen LogP contribution in [0.25, 0.3) is 0 Å². The number of ether oxygens (including phenoxy) is 3. The molecule has 2 aliphatic heterocycles. The van der Waals surface area contributed by atoms with Crippen LogP contribution < -0.4 is 10.1 Å². The zero-order valence-corrected chi connectivity index (χ0v) is 21.5. The van der Waals surface area contributed by atoms with Crippen molar-refractivity contribution >= 4 is 36.0 Å². The Morgan fingerprint density at radius 2 is 1.84 bits per heavy atom. The lowest BCUT2D eigenvalue weighted by Crippen LogP contribution is -2.53. The molecule has 2 saturated heterocycles. The van der Waals surface area contributed by atoms with Gasteiger partial charge in [0.2, 0.25) is 0 Å². The quantitative estimate of drug-likeness (QED) is 0.310. The Morgan fingerprint density at radius 1 is 1.12 bits per heavy atom. The molecular formula is C22H36IN5O4. The Bertz CT molecular complexity index is 722. The number of aliphatic imine (C=N–C) groups is 1. The fourth-order valence-electron chi connectivity index (χ4n) is 3.69. The van der Waals surface area contributed by atoms with Crippen molar-refractivity contribution in [2.45, 2.75) is 13.5 Å². The molecule has 0 radical (unpaired) electrons. The molecule has 1 N–H and O–H groups in total. The Morgan fingerprint density at radius 3 is 2.53 bits per heavy atom. The van der Waals surface area contributed by atoms with Gasteiger partial charge in [-0.15, -0.1) is 24.0 Å². The van der Waals surface area contributed by atoms with Crippen molar-refractivity contribution in [3.05, 3.63) is 29.8 Å². The normalized spacial score (nSPS) is 17.5. The van der Waals surface area contributed by atoms with Gasteiger partial charge in [-0.25, -0.2) is 4.79 Å². The molecule has 2 fully saturated rings. The largest absolute Gasteiger partial charge is 0.492 e. The first-order chi connectivity index (χ1) is 15.2. The third kappa shape index (κ3) is 8.28. The number of halogens is 1. The minimum Gasteiger partial charge on any atom is -0.492 e. The highest BCUT2D eigenvalue weighted by Gasteiger charge is 2.23. The van der Waals surface area contributed by atoms with Gasteiger partial charge < -0.3 is 29.3 Å². The predicted molar refractivity (Wildman–Crippen MR) is 135 cm³/mol. The molecule has 1 amide bonds. The molecular weight excluding hydrogens is 525 g/mol. The number of carbonyl (C=O) groups excluding carboxylic acids is 1. The lowest BCUT2D eigenvalue weighted by atomic mass is 10.2. The van der Waals surface area contributed by atoms with Crippen molar-refractivity contribution in [1.29, 1.82) is 0 Å². The molecule has 0 aromatic heterocycles. The van der Waals surface area contributed by atoms with Crippen LogP contribution in [-0.4, -0.2) is 106 Å². The number of nitrogens with one attached hydrogen (secondary N) is 1. The van der Waals surface area contributed by atoms with E-state index < -0.39 is 0 Å². The van der Waals surface area contributed by atoms with Crippen molar-refractivity contribution in [1.82, 2.24) is 20.0 Å². The van der Waals surface area contributed by atoms with E-state index in [9.17, 15) is 4.79 Å². The monoisotopic (exact) mass is 561 g/mol. The molecule has 10 heteroatoms. The van der Waals surface area contributed by atoms with Crippen LogP contribution in [0, 0.1) is 0 Å². The maximum Gasteiger partial charge on any atom is 0.409 e. The number of benzene rings is 1. The second kappa shape index (κ2) is 14.4. The van der Waals surface area contributed by atoms with Gasteiger partial charge in [-0.05, 0) is 24.6 Å². The van der Waals surface area contributed by atoms with E-state index in [1.54, 1.807) is 11.9 Å². The summed E-state index contributed by atoms with van der Waals surface area (Å²) in [4.78, 5) is 22.5. The Balaban J connectivity index is 0.00000363. The van der Waals surface area contributed by atoms with E-state index in [-0.39, 0.29) is 30.1 Å². The van der Waals surface area contributed by atoms with Gasteiger partial charge in [-0.1, -0.05) is 12.1 Å². The van der Waals surface area contributed by atoms with E-state index in [0.29, 0.717) is 32.8 Å². The second-order valence-electron chi connectivity index (χ2n) is 7.52. The Labute approximate surface area is 208 Å². The summed E-state index contributed by atoms with van der Waals surface area (Å²) in [7, 11) is 1.78. The summed E-state index contributed by atoms with van der Waals surface area (Å²) < 4.78 is 16.4. The summed E-state index contributed by atoms with van der Waals surface area (Å²) in [5, 5.41) is 3.42. The van der Waals surface area contributed by atoms with Crippen molar-refractivity contribution in [2.24, 2.45) is 4.99 Å². The molecule has 180 valence electrons. The summed E-state index contributed by atoms with van der Waals surface area (Å²) in [6, 6.07) is 8.15. The van der Waals surface area contributed by atoms with Gasteiger partial charge in [0.15, 0.2) is 5.96 Å². The summed E-state index contributed by atoms with van der Waals surface area (Å²) in [6.07, 6.45) is -0.240. The van der Waals surface area contributed by atoms with E-state index >= 15 is 0 Å². The summed E-state index contributed by atoms with van der Waals surface area (Å²) >= 11 is 0. The molecule has 3 rings (SSSR count). The molecule has 32 heavy (non-hydrogen) atoms. The number of carbonyl (C=O) groups is 1. The number of hydrogen-bond acceptors (Lipinski definition) is 6. The molecule has 0 atom stereocenters. The van der Waals surface area contributed by atoms with Gasteiger partial charge in [0.25, 0.3) is 0 Å². The molecule has 2 aliphatic rings. The zero-order valence-electron chi connectivity index (χ0n) is 19.1. The van der Waals surface area contributed by atoms with E-state index in [0.717, 1.165) is 63.2 Å². The summed E-state index contributed by atoms with van der Waals surface area (Å²) in [6.45, 7) is 10.7. The highest BCUT2D eigenvalue weighted by molar-refractivity contribution is 14.0. The predicted octanol–water partition coefficient (Wildman–Crippen LogP) is 1.87. The van der Waals surface area contributed by atoms with Crippen LogP contribution in [0.3, 0.4) is 0 Å². The van der Waals surface area contributed by atoms with Crippen LogP contribution >= 0.6 is 24.0 Å². The maximum atomic E-state index is 11.9. The van der Waals surface area contributed by atoms with Crippen LogP contribution in [0.5, 0.6) is 5.75 Å². The molecule has 0 unspecified atom stereocenters. The van der Waals surface area contributed by atoms with Crippen LogP contribution in [-0.2, 0) is 16.0 Å². The number of hydrogen-bond donors (Lipinski definition) is 1. The van der Waals surface area contributed by atoms with Crippen LogP contribution in [0.4, 0.5) is 4.79 Å². The second-order valence-corrected chi connectivity index (χ2v) is 7.52. The maximum absolute atomic E-state index is 11.9. The van der Waals surface area contributed by atoms with Crippen molar-refractivity contribution in [2.75, 3.05) is 79.3 Å². The summed E-state index contributed by atoms with van der Waals surface area (Å²) in [5.41, 5.74) is 1.13. The Kier molecular flexibility index (Phi) is 11.9. The fraction of sp³-hybridized carbons (Fsp3) is 0.636. The third-order valence-corrected chi connectivity index (χ3v) is 5.45. The standard InChI is InChI=1S/C22H35N5O4.HI/c1-3-30-22(28)27-9-7-26(8-10-27)21(23-2)24-18-19-5-4-6-20(17-19)31-16-13-25-11-14-29-15-12-25;/h4-6,17H,3,7-16,18H2,1-2H3,(H,23,24);1H. The first-order valence-corrected chi connectivity index (χ1v) is 11.1. The van der Waals surface area contributed by atoms with E-state index in [2.05, 4.69) is 32.2 Å². The minimum absolute atomic E-state index is 0. The summed E-state index contributed by atoms with van der Waals surface area (Å²) in [5.74, 6) is 1.72. The first-order valence-electron chi connectivity index (χ1n) is 11.1. The highest BCUT2D eigenvalue weighted by Crippen LogP contribution is 2.14. The zero-order chi connectivity index (χ0) is 21.9. The molecule has 9 nitrogen and oxygen atoms in total. The van der Waals surface area contributed by atoms with Crippen LogP contribution in [0.2, 0.25) is 0 Å². The van der Waals surface area contributed by atoms with Gasteiger partial charge in [0.1, 0.15) is 12.4 Å². The smallest absolute Gasteiger partial charge is 0.409 e. The van der Waals surface area contributed by atoms with Crippen molar-refractivity contribution in [3.63, 3.8) is 0 Å². The van der Waals surface area contributed by atoms with Crippen LogP contribution in [0.15, 0.2) is 29.3 Å². The molecule has 0 saturated carbocycles. The van der Waals surface area contributed by atoms with Gasteiger partial charge in [0, 0.05) is 59.4 Å². The Hall–Kier alpha value is -1.79. The molecule has 1 aromatic carbocycles. The third-order valence-electron chi connectivity index (χ3n) is 5.45. The first kappa shape index (κ1) is 26.5. The SMILES string of the molecule is CCOC(=O)N1CCN(C(=NC)NCc2cccc(OCCN3CCOCC3)c2)CC1.I. The number of amides is 1. The molecule has 0 spiro atoms. The van der Waals surface area contributed by atoms with Gasteiger partial charge in [-0.3, -0.25) is 9.89 Å². The fourth-order valence-corrected chi connectivity index (χ4v) is 3.69. The van der Waals surface area contributed by atoms with E-state index in [1.807, 2.05) is 19.1 Å². The van der Waals surface area contributed by atoms with Crippen molar-refractivity contribution in [3.8, 4) is 5.75 Å². The van der Waals surface area contributed by atoms with Gasteiger partial charge >= 0.3 is 6.09 Å². The van der Waals surface area contributed by atoms with Gasteiger partial charge in [0.05, 0.1) is 19.8 Å². The number of piperazine rings is 1.